The van der Waals surface area contributed by atoms with Gasteiger partial charge < -0.3 is 4.74 Å². The third-order valence-corrected chi connectivity index (χ3v) is 5.73. The van der Waals surface area contributed by atoms with Crippen LogP contribution in [0.2, 0.25) is 5.02 Å². The Morgan fingerprint density at radius 1 is 1.19 bits per heavy atom. The number of benzene rings is 2. The van der Waals surface area contributed by atoms with Crippen molar-refractivity contribution < 1.29 is 31.1 Å². The van der Waals surface area contributed by atoms with Crippen molar-refractivity contribution in [2.24, 2.45) is 0 Å². The highest BCUT2D eigenvalue weighted by molar-refractivity contribution is 7.89. The van der Waals surface area contributed by atoms with E-state index in [0.717, 1.165) is 5.39 Å². The molecule has 0 aliphatic carbocycles. The van der Waals surface area contributed by atoms with Gasteiger partial charge in [-0.05, 0) is 35.0 Å². The molecule has 0 amide bonds. The predicted molar refractivity (Wildman–Crippen MR) is 91.6 cm³/mol. The molecule has 1 aliphatic rings. The van der Waals surface area contributed by atoms with Gasteiger partial charge in [0.05, 0.1) is 4.90 Å². The Balaban J connectivity index is 1.68. The van der Waals surface area contributed by atoms with Crippen LogP contribution in [0.5, 0.6) is 0 Å². The van der Waals surface area contributed by atoms with Crippen LogP contribution in [0.25, 0.3) is 10.8 Å². The van der Waals surface area contributed by atoms with Gasteiger partial charge in [0.15, 0.2) is 6.23 Å². The molecule has 1 aliphatic heterocycles. The number of halogens is 4. The lowest BCUT2D eigenvalue weighted by Gasteiger charge is -2.14. The molecule has 2 N–H and O–H groups in total. The second-order valence-electron chi connectivity index (χ2n) is 6.01. The summed E-state index contributed by atoms with van der Waals surface area (Å²) in [7, 11) is -3.91. The smallest absolute Gasteiger partial charge is 0.440 e. The molecular formula is C16H14ClF3N2O4S. The highest BCUT2D eigenvalue weighted by Gasteiger charge is 2.43. The van der Waals surface area contributed by atoms with E-state index in [4.69, 9.17) is 11.6 Å². The quantitative estimate of drug-likeness (QED) is 0.740. The van der Waals surface area contributed by atoms with Gasteiger partial charge in [0.1, 0.15) is 0 Å². The lowest BCUT2D eigenvalue weighted by molar-refractivity contribution is -0.205. The molecule has 2 atom stereocenters. The van der Waals surface area contributed by atoms with Crippen molar-refractivity contribution in [1.29, 1.82) is 0 Å². The van der Waals surface area contributed by atoms with E-state index in [0.29, 0.717) is 10.4 Å². The first-order chi connectivity index (χ1) is 12.5. The van der Waals surface area contributed by atoms with Crippen molar-refractivity contribution in [1.82, 2.24) is 10.0 Å². The Morgan fingerprint density at radius 2 is 1.85 bits per heavy atom. The molecular weight excluding hydrogens is 409 g/mol. The molecule has 0 spiro atoms. The van der Waals surface area contributed by atoms with E-state index in [9.17, 15) is 26.4 Å². The Labute approximate surface area is 157 Å². The fraction of sp³-hybridized carbons (Fsp3) is 0.312. The fourth-order valence-corrected chi connectivity index (χ4v) is 4.19. The molecule has 1 fully saturated rings. The largest absolute Gasteiger partial charge is 0.490 e. The Hall–Kier alpha value is -1.88. The van der Waals surface area contributed by atoms with Crippen LogP contribution >= 0.6 is 11.6 Å². The number of sulfonamides is 1. The minimum absolute atomic E-state index is 0.00746. The maximum absolute atomic E-state index is 12.5. The molecule has 0 aromatic heterocycles. The second-order valence-corrected chi connectivity index (χ2v) is 8.16. The van der Waals surface area contributed by atoms with E-state index >= 15 is 0 Å². The molecule has 0 bridgehead atoms. The molecule has 1 heterocycles. The zero-order valence-electron chi connectivity index (χ0n) is 13.6. The first-order valence-corrected chi connectivity index (χ1v) is 9.63. The molecule has 27 heavy (non-hydrogen) atoms. The molecule has 0 radical (unpaired) electrons. The van der Waals surface area contributed by atoms with Gasteiger partial charge >= 0.3 is 12.1 Å². The van der Waals surface area contributed by atoms with Crippen molar-refractivity contribution in [2.75, 3.05) is 6.54 Å². The van der Waals surface area contributed by atoms with E-state index in [-0.39, 0.29) is 17.9 Å². The van der Waals surface area contributed by atoms with Crippen molar-refractivity contribution >= 4 is 38.4 Å². The zero-order valence-corrected chi connectivity index (χ0v) is 15.2. The van der Waals surface area contributed by atoms with Crippen molar-refractivity contribution in [3.05, 3.63) is 41.4 Å². The number of alkyl halides is 3. The molecule has 2 aromatic rings. The summed E-state index contributed by atoms with van der Waals surface area (Å²) < 4.78 is 68.4. The summed E-state index contributed by atoms with van der Waals surface area (Å²) in [5.74, 6) is -2.32. The maximum atomic E-state index is 12.5. The monoisotopic (exact) mass is 422 g/mol. The lowest BCUT2D eigenvalue weighted by atomic mass is 10.1. The van der Waals surface area contributed by atoms with Crippen molar-refractivity contribution in [2.45, 2.75) is 29.8 Å². The fourth-order valence-electron chi connectivity index (χ4n) is 2.72. The van der Waals surface area contributed by atoms with Crippen LogP contribution in [0.1, 0.15) is 6.42 Å². The second kappa shape index (κ2) is 7.27. The SMILES string of the molecule is O=C(OC1C[C@H](NS(=O)(=O)c2ccc3cc(Cl)ccc3c2)CN1)C(F)(F)F. The van der Waals surface area contributed by atoms with Crippen molar-refractivity contribution in [3.8, 4) is 0 Å². The summed E-state index contributed by atoms with van der Waals surface area (Å²) >= 11 is 5.90. The summed E-state index contributed by atoms with van der Waals surface area (Å²) in [5, 5.41) is 4.49. The van der Waals surface area contributed by atoms with Crippen LogP contribution in [0, 0.1) is 0 Å². The summed E-state index contributed by atoms with van der Waals surface area (Å²) in [6.07, 6.45) is -6.44. The number of carbonyl (C=O) groups is 1. The number of nitrogens with one attached hydrogen (secondary N) is 2. The Kier molecular flexibility index (Phi) is 5.35. The molecule has 1 unspecified atom stereocenters. The van der Waals surface area contributed by atoms with Crippen LogP contribution in [0.15, 0.2) is 41.3 Å². The van der Waals surface area contributed by atoms with Gasteiger partial charge in [-0.2, -0.15) is 13.2 Å². The third kappa shape index (κ3) is 4.70. The molecule has 0 saturated carbocycles. The highest BCUT2D eigenvalue weighted by Crippen LogP contribution is 2.24. The standard InChI is InChI=1S/C16H14ClF3N2O4S/c17-11-3-1-10-6-13(4-2-9(10)5-11)27(24,25)22-12-7-14(21-8-12)26-15(23)16(18,19)20/h1-6,12,14,21-22H,7-8H2/t12-,14?/m0/s1. The molecule has 3 rings (SSSR count). The van der Waals surface area contributed by atoms with Crippen LogP contribution in [-0.2, 0) is 19.6 Å². The van der Waals surface area contributed by atoms with E-state index in [2.05, 4.69) is 14.8 Å². The van der Waals surface area contributed by atoms with E-state index in [1.165, 1.54) is 12.1 Å². The molecule has 6 nitrogen and oxygen atoms in total. The lowest BCUT2D eigenvalue weighted by Crippen LogP contribution is -2.36. The topological polar surface area (TPSA) is 84.5 Å². The first-order valence-electron chi connectivity index (χ1n) is 7.77. The summed E-state index contributed by atoms with van der Waals surface area (Å²) in [6, 6.07) is 8.77. The van der Waals surface area contributed by atoms with Gasteiger partial charge in [0.25, 0.3) is 0 Å². The summed E-state index contributed by atoms with van der Waals surface area (Å²) in [4.78, 5) is 10.9. The van der Waals surface area contributed by atoms with Gasteiger partial charge in [-0.25, -0.2) is 17.9 Å². The zero-order chi connectivity index (χ0) is 19.8. The van der Waals surface area contributed by atoms with Gasteiger partial charge in [0.2, 0.25) is 10.0 Å². The molecule has 1 saturated heterocycles. The minimum Gasteiger partial charge on any atom is -0.440 e. The minimum atomic E-state index is -5.10. The third-order valence-electron chi connectivity index (χ3n) is 3.98. The van der Waals surface area contributed by atoms with Crippen LogP contribution in [0.4, 0.5) is 13.2 Å². The number of carbonyl (C=O) groups excluding carboxylic acids is 1. The van der Waals surface area contributed by atoms with Gasteiger partial charge in [0, 0.05) is 24.0 Å². The van der Waals surface area contributed by atoms with Crippen LogP contribution in [0.3, 0.4) is 0 Å². The number of rotatable bonds is 4. The molecule has 2 aromatic carbocycles. The Bertz CT molecular complexity index is 981. The van der Waals surface area contributed by atoms with Gasteiger partial charge in [-0.15, -0.1) is 0 Å². The average Bonchev–Trinajstić information content (AvgIpc) is 2.99. The predicted octanol–water partition coefficient (Wildman–Crippen LogP) is 2.56. The number of hydrogen-bond donors (Lipinski definition) is 2. The normalized spacial score (nSPS) is 20.7. The van der Waals surface area contributed by atoms with Crippen molar-refractivity contribution in [3.63, 3.8) is 0 Å². The van der Waals surface area contributed by atoms with E-state index in [1.54, 1.807) is 24.3 Å². The number of fused-ring (bicyclic) bond motifs is 1. The summed E-state index contributed by atoms with van der Waals surface area (Å²) in [6.45, 7) is 0.0260. The van der Waals surface area contributed by atoms with E-state index in [1.807, 2.05) is 0 Å². The van der Waals surface area contributed by atoms with E-state index < -0.39 is 34.4 Å². The van der Waals surface area contributed by atoms with Gasteiger partial charge in [-0.1, -0.05) is 23.7 Å². The Morgan fingerprint density at radius 3 is 2.56 bits per heavy atom. The number of hydrogen-bond acceptors (Lipinski definition) is 5. The summed E-state index contributed by atoms with van der Waals surface area (Å²) in [5.41, 5.74) is 0. The van der Waals surface area contributed by atoms with Crippen LogP contribution in [-0.4, -0.2) is 39.4 Å². The number of ether oxygens (including phenoxy) is 1. The first kappa shape index (κ1) is 19.9. The molecule has 146 valence electrons. The van der Waals surface area contributed by atoms with Gasteiger partial charge in [-0.3, -0.25) is 5.32 Å². The number of esters is 1. The maximum Gasteiger partial charge on any atom is 0.490 e. The average molecular weight is 423 g/mol. The molecule has 11 heteroatoms. The van der Waals surface area contributed by atoms with Crippen LogP contribution < -0.4 is 10.0 Å². The highest BCUT2D eigenvalue weighted by atomic mass is 35.5.